The zero-order chi connectivity index (χ0) is 16.1. The fourth-order valence-electron chi connectivity index (χ4n) is 1.89. The number of benzene rings is 1. The van der Waals surface area contributed by atoms with E-state index >= 15 is 0 Å². The molecule has 0 fully saturated rings. The van der Waals surface area contributed by atoms with Gasteiger partial charge >= 0.3 is 0 Å². The molecule has 2 atom stereocenters. The van der Waals surface area contributed by atoms with Gasteiger partial charge in [-0.2, -0.15) is 11.3 Å². The van der Waals surface area contributed by atoms with E-state index in [-0.39, 0.29) is 17.7 Å². The third kappa shape index (κ3) is 4.25. The van der Waals surface area contributed by atoms with Gasteiger partial charge in [0.15, 0.2) is 0 Å². The Labute approximate surface area is 136 Å². The third-order valence-corrected chi connectivity index (χ3v) is 5.46. The van der Waals surface area contributed by atoms with Gasteiger partial charge in [0.2, 0.25) is 0 Å². The van der Waals surface area contributed by atoms with Gasteiger partial charge in [-0.3, -0.25) is 9.00 Å². The van der Waals surface area contributed by atoms with Crippen molar-refractivity contribution in [2.75, 3.05) is 6.54 Å². The van der Waals surface area contributed by atoms with E-state index in [1.165, 1.54) is 11.3 Å². The minimum Gasteiger partial charge on any atom is -0.387 e. The minimum absolute atomic E-state index is 0.0421. The molecule has 1 aromatic carbocycles. The summed E-state index contributed by atoms with van der Waals surface area (Å²) in [5, 5.41) is 16.4. The second kappa shape index (κ2) is 7.67. The van der Waals surface area contributed by atoms with Crippen molar-refractivity contribution in [3.8, 4) is 0 Å². The molecule has 118 valence electrons. The van der Waals surface area contributed by atoms with Crippen molar-refractivity contribution in [1.82, 2.24) is 5.32 Å². The van der Waals surface area contributed by atoms with Gasteiger partial charge < -0.3 is 10.4 Å². The zero-order valence-electron chi connectivity index (χ0n) is 12.5. The summed E-state index contributed by atoms with van der Waals surface area (Å²) >= 11 is 1.50. The van der Waals surface area contributed by atoms with Crippen LogP contribution in [0.15, 0.2) is 46.0 Å². The molecule has 2 rings (SSSR count). The number of amides is 1. The summed E-state index contributed by atoms with van der Waals surface area (Å²) in [5.74, 6) is -0.254. The topological polar surface area (TPSA) is 66.4 Å². The van der Waals surface area contributed by atoms with Crippen LogP contribution in [0, 0.1) is 0 Å². The lowest BCUT2D eigenvalue weighted by Crippen LogP contribution is -2.28. The lowest BCUT2D eigenvalue weighted by molar-refractivity contribution is 0.0916. The highest BCUT2D eigenvalue weighted by Crippen LogP contribution is 2.16. The number of hydrogen-bond acceptors (Lipinski definition) is 4. The van der Waals surface area contributed by atoms with Gasteiger partial charge in [-0.15, -0.1) is 0 Å². The van der Waals surface area contributed by atoms with Crippen molar-refractivity contribution in [1.29, 1.82) is 0 Å². The molecule has 0 spiro atoms. The molecule has 0 saturated carbocycles. The Bertz CT molecular complexity index is 636. The Morgan fingerprint density at radius 2 is 1.95 bits per heavy atom. The monoisotopic (exact) mass is 337 g/mol. The van der Waals surface area contributed by atoms with E-state index in [0.29, 0.717) is 10.5 Å². The first-order valence-electron chi connectivity index (χ1n) is 6.98. The van der Waals surface area contributed by atoms with Crippen molar-refractivity contribution >= 4 is 28.0 Å². The fraction of sp³-hybridized carbons (Fsp3) is 0.312. The van der Waals surface area contributed by atoms with Crippen LogP contribution in [0.3, 0.4) is 0 Å². The molecule has 1 heterocycles. The molecule has 0 aliphatic heterocycles. The molecular formula is C16H19NO3S2. The summed E-state index contributed by atoms with van der Waals surface area (Å²) in [6.07, 6.45) is -0.706. The second-order valence-electron chi connectivity index (χ2n) is 5.15. The highest BCUT2D eigenvalue weighted by molar-refractivity contribution is 7.85. The van der Waals surface area contributed by atoms with Gasteiger partial charge in [0.05, 0.1) is 16.9 Å². The molecule has 0 aliphatic carbocycles. The van der Waals surface area contributed by atoms with E-state index in [1.807, 2.05) is 30.7 Å². The van der Waals surface area contributed by atoms with Crippen LogP contribution >= 0.6 is 11.3 Å². The number of aliphatic hydroxyl groups is 1. The highest BCUT2D eigenvalue weighted by atomic mass is 32.2. The summed E-state index contributed by atoms with van der Waals surface area (Å²) in [5.41, 5.74) is 1.29. The molecule has 22 heavy (non-hydrogen) atoms. The van der Waals surface area contributed by atoms with Crippen LogP contribution in [-0.4, -0.2) is 27.0 Å². The maximum Gasteiger partial charge on any atom is 0.251 e. The van der Waals surface area contributed by atoms with Gasteiger partial charge in [-0.05, 0) is 46.7 Å². The molecule has 1 amide bonds. The van der Waals surface area contributed by atoms with Crippen molar-refractivity contribution in [3.05, 3.63) is 52.2 Å². The SMILES string of the molecule is CC(C)S(=O)c1ccc(C(=O)NCC(O)c2ccsc2)cc1. The number of nitrogens with one attached hydrogen (secondary N) is 1. The van der Waals surface area contributed by atoms with E-state index in [0.717, 1.165) is 5.56 Å². The van der Waals surface area contributed by atoms with Gasteiger partial charge in [-0.25, -0.2) is 0 Å². The normalized spacial score (nSPS) is 13.8. The summed E-state index contributed by atoms with van der Waals surface area (Å²) in [7, 11) is -1.06. The van der Waals surface area contributed by atoms with Crippen LogP contribution < -0.4 is 5.32 Å². The predicted molar refractivity (Wildman–Crippen MR) is 89.6 cm³/mol. The van der Waals surface area contributed by atoms with Crippen molar-refractivity contribution in [2.24, 2.45) is 0 Å². The largest absolute Gasteiger partial charge is 0.387 e. The molecule has 0 radical (unpaired) electrons. The third-order valence-electron chi connectivity index (χ3n) is 3.16. The smallest absolute Gasteiger partial charge is 0.251 e. The minimum atomic E-state index is -1.06. The molecule has 6 heteroatoms. The molecular weight excluding hydrogens is 318 g/mol. The average molecular weight is 337 g/mol. The van der Waals surface area contributed by atoms with Crippen molar-refractivity contribution in [3.63, 3.8) is 0 Å². The van der Waals surface area contributed by atoms with E-state index in [1.54, 1.807) is 24.3 Å². The van der Waals surface area contributed by atoms with Crippen LogP contribution in [0.2, 0.25) is 0 Å². The van der Waals surface area contributed by atoms with E-state index in [9.17, 15) is 14.1 Å². The van der Waals surface area contributed by atoms with Crippen molar-refractivity contribution < 1.29 is 14.1 Å². The molecule has 2 aromatic rings. The number of aliphatic hydroxyl groups excluding tert-OH is 1. The van der Waals surface area contributed by atoms with Gasteiger partial charge in [0.1, 0.15) is 0 Å². The van der Waals surface area contributed by atoms with Crippen molar-refractivity contribution in [2.45, 2.75) is 30.1 Å². The van der Waals surface area contributed by atoms with E-state index < -0.39 is 16.9 Å². The predicted octanol–water partition coefficient (Wildman–Crippen LogP) is 2.73. The van der Waals surface area contributed by atoms with Crippen LogP contribution in [0.1, 0.15) is 35.9 Å². The van der Waals surface area contributed by atoms with Crippen LogP contribution in [-0.2, 0) is 10.8 Å². The first-order valence-corrected chi connectivity index (χ1v) is 9.13. The number of hydrogen-bond donors (Lipinski definition) is 2. The zero-order valence-corrected chi connectivity index (χ0v) is 14.1. The van der Waals surface area contributed by atoms with Gasteiger partial charge in [-0.1, -0.05) is 13.8 Å². The standard InChI is InChI=1S/C16H19NO3S2/c1-11(2)22(20)14-5-3-12(4-6-14)16(19)17-9-15(18)13-7-8-21-10-13/h3-8,10-11,15,18H,9H2,1-2H3,(H,17,19). The highest BCUT2D eigenvalue weighted by Gasteiger charge is 2.13. The first kappa shape index (κ1) is 16.9. The van der Waals surface area contributed by atoms with Gasteiger partial charge in [0.25, 0.3) is 5.91 Å². The second-order valence-corrected chi connectivity index (χ2v) is 7.94. The number of carbonyl (C=O) groups excluding carboxylic acids is 1. The number of rotatable bonds is 6. The number of carbonyl (C=O) groups is 1. The molecule has 4 nitrogen and oxygen atoms in total. The first-order chi connectivity index (χ1) is 10.5. The maximum atomic E-state index is 12.0. The van der Waals surface area contributed by atoms with Gasteiger partial charge in [0, 0.05) is 22.3 Å². The van der Waals surface area contributed by atoms with E-state index in [4.69, 9.17) is 0 Å². The Morgan fingerprint density at radius 1 is 1.27 bits per heavy atom. The quantitative estimate of drug-likeness (QED) is 0.852. The Balaban J connectivity index is 1.94. The fourth-order valence-corrected chi connectivity index (χ4v) is 3.54. The number of thiophene rings is 1. The van der Waals surface area contributed by atoms with Crippen LogP contribution in [0.4, 0.5) is 0 Å². The van der Waals surface area contributed by atoms with Crippen LogP contribution in [0.5, 0.6) is 0 Å². The average Bonchev–Trinajstić information content (AvgIpc) is 3.06. The molecule has 2 N–H and O–H groups in total. The Kier molecular flexibility index (Phi) is 5.88. The molecule has 1 aromatic heterocycles. The molecule has 0 saturated heterocycles. The maximum absolute atomic E-state index is 12.0. The summed E-state index contributed by atoms with van der Waals surface area (Å²) < 4.78 is 12.0. The molecule has 0 aliphatic rings. The van der Waals surface area contributed by atoms with Crippen LogP contribution in [0.25, 0.3) is 0 Å². The lowest BCUT2D eigenvalue weighted by atomic mass is 10.2. The Hall–Kier alpha value is -1.50. The molecule has 2 unspecified atom stereocenters. The Morgan fingerprint density at radius 3 is 2.50 bits per heavy atom. The summed E-state index contributed by atoms with van der Waals surface area (Å²) in [4.78, 5) is 12.8. The summed E-state index contributed by atoms with van der Waals surface area (Å²) in [6.45, 7) is 3.94. The molecule has 0 bridgehead atoms. The lowest BCUT2D eigenvalue weighted by Gasteiger charge is -2.11. The summed E-state index contributed by atoms with van der Waals surface area (Å²) in [6, 6.07) is 8.56. The van der Waals surface area contributed by atoms with E-state index in [2.05, 4.69) is 5.32 Å².